The van der Waals surface area contributed by atoms with Crippen molar-refractivity contribution in [2.24, 2.45) is 5.41 Å². The molecular weight excluding hydrogens is 255 g/mol. The highest BCUT2D eigenvalue weighted by atomic mass is 35.5. The van der Waals surface area contributed by atoms with Crippen molar-refractivity contribution in [1.29, 1.82) is 0 Å². The van der Waals surface area contributed by atoms with E-state index in [1.165, 1.54) is 24.3 Å². The molecular formula is C14H16ClFO2. The van der Waals surface area contributed by atoms with Crippen molar-refractivity contribution >= 4 is 17.6 Å². The molecule has 18 heavy (non-hydrogen) atoms. The maximum absolute atomic E-state index is 13.2. The van der Waals surface area contributed by atoms with Gasteiger partial charge in [-0.3, -0.25) is 4.79 Å². The first kappa shape index (κ1) is 14.7. The van der Waals surface area contributed by atoms with Gasteiger partial charge in [0.2, 0.25) is 0 Å². The van der Waals surface area contributed by atoms with Crippen LogP contribution in [0.3, 0.4) is 0 Å². The SMILES string of the molecule is C=CC(C)(Cc1cc(F)ccc1Cl)C(=O)OCC. The maximum Gasteiger partial charge on any atom is 0.315 e. The molecule has 0 heterocycles. The Bertz CT molecular complexity index is 459. The summed E-state index contributed by atoms with van der Waals surface area (Å²) in [6.07, 6.45) is 1.76. The van der Waals surface area contributed by atoms with Crippen LogP contribution in [0.15, 0.2) is 30.9 Å². The standard InChI is InChI=1S/C14H16ClFO2/c1-4-14(3,13(17)18-5-2)9-10-8-11(16)6-7-12(10)15/h4,6-8H,1,5,9H2,2-3H3. The Morgan fingerprint density at radius 1 is 1.61 bits per heavy atom. The van der Waals surface area contributed by atoms with Crippen LogP contribution in [0.2, 0.25) is 5.02 Å². The molecule has 0 saturated heterocycles. The zero-order valence-electron chi connectivity index (χ0n) is 10.5. The van der Waals surface area contributed by atoms with Crippen molar-refractivity contribution in [1.82, 2.24) is 0 Å². The summed E-state index contributed by atoms with van der Waals surface area (Å²) < 4.78 is 18.2. The van der Waals surface area contributed by atoms with Gasteiger partial charge >= 0.3 is 5.97 Å². The van der Waals surface area contributed by atoms with Gasteiger partial charge in [-0.25, -0.2) is 4.39 Å². The zero-order valence-corrected chi connectivity index (χ0v) is 11.3. The van der Waals surface area contributed by atoms with Gasteiger partial charge in [0.05, 0.1) is 12.0 Å². The highest BCUT2D eigenvalue weighted by Crippen LogP contribution is 2.29. The van der Waals surface area contributed by atoms with Crippen molar-refractivity contribution < 1.29 is 13.9 Å². The lowest BCUT2D eigenvalue weighted by Crippen LogP contribution is -2.30. The van der Waals surface area contributed by atoms with E-state index in [0.717, 1.165) is 0 Å². The van der Waals surface area contributed by atoms with Gasteiger partial charge in [0, 0.05) is 5.02 Å². The lowest BCUT2D eigenvalue weighted by atomic mass is 9.83. The molecule has 0 radical (unpaired) electrons. The van der Waals surface area contributed by atoms with Crippen molar-refractivity contribution in [3.8, 4) is 0 Å². The summed E-state index contributed by atoms with van der Waals surface area (Å²) in [5.41, 5.74) is -0.347. The highest BCUT2D eigenvalue weighted by molar-refractivity contribution is 6.31. The summed E-state index contributed by atoms with van der Waals surface area (Å²) in [4.78, 5) is 11.9. The van der Waals surface area contributed by atoms with Crippen molar-refractivity contribution in [3.05, 3.63) is 47.3 Å². The summed E-state index contributed by atoms with van der Waals surface area (Å²) >= 11 is 5.99. The molecule has 1 unspecified atom stereocenters. The molecule has 1 aromatic carbocycles. The van der Waals surface area contributed by atoms with E-state index in [4.69, 9.17) is 16.3 Å². The molecule has 0 aliphatic carbocycles. The van der Waals surface area contributed by atoms with Crippen LogP contribution in [0, 0.1) is 11.2 Å². The molecule has 0 spiro atoms. The van der Waals surface area contributed by atoms with Crippen LogP contribution in [0.5, 0.6) is 0 Å². The van der Waals surface area contributed by atoms with Crippen molar-refractivity contribution in [3.63, 3.8) is 0 Å². The summed E-state index contributed by atoms with van der Waals surface area (Å²) in [5.74, 6) is -0.773. The van der Waals surface area contributed by atoms with E-state index in [-0.39, 0.29) is 18.2 Å². The predicted octanol–water partition coefficient (Wildman–Crippen LogP) is 3.78. The summed E-state index contributed by atoms with van der Waals surface area (Å²) in [6, 6.07) is 4.08. The van der Waals surface area contributed by atoms with Crippen molar-refractivity contribution in [2.75, 3.05) is 6.61 Å². The maximum atomic E-state index is 13.2. The first-order chi connectivity index (χ1) is 8.42. The fourth-order valence-corrected chi connectivity index (χ4v) is 1.78. The molecule has 1 rings (SSSR count). The molecule has 2 nitrogen and oxygen atoms in total. The Kier molecular flexibility index (Phi) is 4.91. The Hall–Kier alpha value is -1.35. The van der Waals surface area contributed by atoms with Gasteiger partial charge < -0.3 is 4.74 Å². The van der Waals surface area contributed by atoms with E-state index in [2.05, 4.69) is 6.58 Å². The number of carbonyl (C=O) groups is 1. The monoisotopic (exact) mass is 270 g/mol. The number of esters is 1. The van der Waals surface area contributed by atoms with E-state index in [1.54, 1.807) is 13.8 Å². The largest absolute Gasteiger partial charge is 0.465 e. The number of hydrogen-bond acceptors (Lipinski definition) is 2. The minimum Gasteiger partial charge on any atom is -0.465 e. The normalized spacial score (nSPS) is 13.8. The van der Waals surface area contributed by atoms with Crippen LogP contribution in [-0.2, 0) is 16.0 Å². The fraction of sp³-hybridized carbons (Fsp3) is 0.357. The molecule has 0 fully saturated rings. The van der Waals surface area contributed by atoms with Crippen LogP contribution in [0.25, 0.3) is 0 Å². The van der Waals surface area contributed by atoms with Gasteiger partial charge in [-0.15, -0.1) is 6.58 Å². The third-order valence-electron chi connectivity index (χ3n) is 2.76. The summed E-state index contributed by atoms with van der Waals surface area (Å²) in [6.45, 7) is 7.36. The summed E-state index contributed by atoms with van der Waals surface area (Å²) in [5, 5.41) is 0.425. The second-order valence-electron chi connectivity index (χ2n) is 4.25. The van der Waals surface area contributed by atoms with Crippen LogP contribution in [0.4, 0.5) is 4.39 Å². The average Bonchev–Trinajstić information content (AvgIpc) is 2.34. The minimum atomic E-state index is -0.909. The predicted molar refractivity (Wildman–Crippen MR) is 70.1 cm³/mol. The molecule has 4 heteroatoms. The lowest BCUT2D eigenvalue weighted by molar-refractivity contribution is -0.151. The van der Waals surface area contributed by atoms with Crippen LogP contribution in [-0.4, -0.2) is 12.6 Å². The van der Waals surface area contributed by atoms with E-state index < -0.39 is 5.41 Å². The second kappa shape index (κ2) is 6.01. The van der Waals surface area contributed by atoms with Crippen LogP contribution >= 0.6 is 11.6 Å². The van der Waals surface area contributed by atoms with E-state index in [9.17, 15) is 9.18 Å². The minimum absolute atomic E-state index is 0.256. The number of ether oxygens (including phenoxy) is 1. The summed E-state index contributed by atoms with van der Waals surface area (Å²) in [7, 11) is 0. The van der Waals surface area contributed by atoms with Gasteiger partial charge in [0.15, 0.2) is 0 Å². The van der Waals surface area contributed by atoms with E-state index >= 15 is 0 Å². The van der Waals surface area contributed by atoms with Crippen LogP contribution < -0.4 is 0 Å². The van der Waals surface area contributed by atoms with E-state index in [1.807, 2.05) is 0 Å². The Labute approximate surface area is 111 Å². The molecule has 1 aromatic rings. The Balaban J connectivity index is 3.01. The molecule has 0 aliphatic heterocycles. The topological polar surface area (TPSA) is 26.3 Å². The molecule has 0 aromatic heterocycles. The number of carbonyl (C=O) groups excluding carboxylic acids is 1. The van der Waals surface area contributed by atoms with Gasteiger partial charge in [0.25, 0.3) is 0 Å². The number of rotatable bonds is 5. The number of hydrogen-bond donors (Lipinski definition) is 0. The second-order valence-corrected chi connectivity index (χ2v) is 4.66. The lowest BCUT2D eigenvalue weighted by Gasteiger charge is -2.23. The van der Waals surface area contributed by atoms with Gasteiger partial charge in [0.1, 0.15) is 5.82 Å². The molecule has 0 bridgehead atoms. The first-order valence-electron chi connectivity index (χ1n) is 5.67. The fourth-order valence-electron chi connectivity index (χ4n) is 1.60. The molecule has 0 N–H and O–H groups in total. The Morgan fingerprint density at radius 3 is 2.83 bits per heavy atom. The van der Waals surface area contributed by atoms with Crippen LogP contribution in [0.1, 0.15) is 19.4 Å². The van der Waals surface area contributed by atoms with E-state index in [0.29, 0.717) is 17.2 Å². The van der Waals surface area contributed by atoms with Gasteiger partial charge in [-0.1, -0.05) is 17.7 Å². The van der Waals surface area contributed by atoms with Gasteiger partial charge in [-0.2, -0.15) is 0 Å². The third-order valence-corrected chi connectivity index (χ3v) is 3.13. The zero-order chi connectivity index (χ0) is 13.8. The average molecular weight is 271 g/mol. The molecule has 0 aliphatic rings. The molecule has 1 atom stereocenters. The highest BCUT2D eigenvalue weighted by Gasteiger charge is 2.32. The van der Waals surface area contributed by atoms with Gasteiger partial charge in [-0.05, 0) is 44.0 Å². The molecule has 98 valence electrons. The quantitative estimate of drug-likeness (QED) is 0.601. The van der Waals surface area contributed by atoms with Crippen molar-refractivity contribution in [2.45, 2.75) is 20.3 Å². The number of halogens is 2. The third kappa shape index (κ3) is 3.33. The smallest absolute Gasteiger partial charge is 0.315 e. The number of benzene rings is 1. The first-order valence-corrected chi connectivity index (χ1v) is 6.05. The Morgan fingerprint density at radius 2 is 2.28 bits per heavy atom. The molecule has 0 amide bonds. The molecule has 0 saturated carbocycles.